The van der Waals surface area contributed by atoms with E-state index in [1.54, 1.807) is 60.7 Å². The zero-order valence-corrected chi connectivity index (χ0v) is 20.7. The molecule has 10 heteroatoms. The Morgan fingerprint density at radius 1 is 1.03 bits per heavy atom. The smallest absolute Gasteiger partial charge is 0.256 e. The highest BCUT2D eigenvalue weighted by Gasteiger charge is 2.67. The number of rotatable bonds is 5. The molecular weight excluding hydrogens is 513 g/mol. The standard InChI is InChI=1S/C25H20Cl3N3O4/c1-13-22(23(31(33)34)25(30-13)16-4-2-3-5-20(16)29-24(25)32)15-7-9-21(19(28)11-15)35-12-14-6-8-17(26)18(27)10-14/h2-11,13,22-23,30H,12H2,1H3,(H,29,32)/t13-,22+,23+,25-/m0/s1. The fourth-order valence-corrected chi connectivity index (χ4v) is 5.75. The number of amides is 1. The fourth-order valence-electron chi connectivity index (χ4n) is 5.19. The first kappa shape index (κ1) is 23.9. The molecule has 0 bridgehead atoms. The van der Waals surface area contributed by atoms with Gasteiger partial charge < -0.3 is 10.1 Å². The van der Waals surface area contributed by atoms with Crippen LogP contribution in [0.1, 0.15) is 29.5 Å². The Labute approximate surface area is 216 Å². The lowest BCUT2D eigenvalue weighted by Crippen LogP contribution is -2.54. The Hall–Kier alpha value is -2.84. The fraction of sp³-hybridized carbons (Fsp3) is 0.240. The summed E-state index contributed by atoms with van der Waals surface area (Å²) in [5, 5.41) is 19.7. The molecule has 5 rings (SSSR count). The van der Waals surface area contributed by atoms with E-state index in [1.807, 2.05) is 6.92 Å². The van der Waals surface area contributed by atoms with E-state index in [9.17, 15) is 14.9 Å². The maximum atomic E-state index is 13.1. The second kappa shape index (κ2) is 8.99. The van der Waals surface area contributed by atoms with Gasteiger partial charge in [-0.3, -0.25) is 20.2 Å². The van der Waals surface area contributed by atoms with Crippen molar-refractivity contribution in [2.45, 2.75) is 37.1 Å². The summed E-state index contributed by atoms with van der Waals surface area (Å²) >= 11 is 18.5. The van der Waals surface area contributed by atoms with E-state index >= 15 is 0 Å². The third-order valence-electron chi connectivity index (χ3n) is 6.68. The molecular formula is C25H20Cl3N3O4. The second-order valence-corrected chi connectivity index (χ2v) is 9.95. The number of para-hydroxylation sites is 1. The minimum absolute atomic E-state index is 0.217. The minimum Gasteiger partial charge on any atom is -0.487 e. The van der Waals surface area contributed by atoms with Gasteiger partial charge >= 0.3 is 0 Å². The minimum atomic E-state index is -1.47. The first-order valence-electron chi connectivity index (χ1n) is 10.9. The van der Waals surface area contributed by atoms with Crippen molar-refractivity contribution in [1.29, 1.82) is 0 Å². The van der Waals surface area contributed by atoms with Crippen LogP contribution in [0.2, 0.25) is 15.1 Å². The quantitative estimate of drug-likeness (QED) is 0.320. The molecule has 180 valence electrons. The molecule has 2 heterocycles. The van der Waals surface area contributed by atoms with Gasteiger partial charge in [-0.2, -0.15) is 0 Å². The average molecular weight is 533 g/mol. The number of nitro groups is 1. The van der Waals surface area contributed by atoms with Gasteiger partial charge in [0.15, 0.2) is 5.54 Å². The highest BCUT2D eigenvalue weighted by atomic mass is 35.5. The molecule has 2 N–H and O–H groups in total. The van der Waals surface area contributed by atoms with Crippen LogP contribution in [-0.4, -0.2) is 22.9 Å². The van der Waals surface area contributed by atoms with Gasteiger partial charge in [-0.25, -0.2) is 0 Å². The molecule has 0 unspecified atom stereocenters. The maximum absolute atomic E-state index is 13.1. The molecule has 35 heavy (non-hydrogen) atoms. The highest BCUT2D eigenvalue weighted by Crippen LogP contribution is 2.50. The Morgan fingerprint density at radius 2 is 1.80 bits per heavy atom. The second-order valence-electron chi connectivity index (χ2n) is 8.72. The van der Waals surface area contributed by atoms with E-state index in [4.69, 9.17) is 39.5 Å². The zero-order valence-electron chi connectivity index (χ0n) is 18.4. The van der Waals surface area contributed by atoms with E-state index < -0.39 is 23.4 Å². The number of carbonyl (C=O) groups excluding carboxylic acids is 1. The van der Waals surface area contributed by atoms with Gasteiger partial charge in [0.2, 0.25) is 0 Å². The summed E-state index contributed by atoms with van der Waals surface area (Å²) in [5.41, 5.74) is 1.14. The van der Waals surface area contributed by atoms with E-state index in [0.717, 1.165) is 5.56 Å². The van der Waals surface area contributed by atoms with Crippen LogP contribution in [0.5, 0.6) is 5.75 Å². The normalized spacial score (nSPS) is 24.9. The van der Waals surface area contributed by atoms with Crippen LogP contribution in [0.4, 0.5) is 5.69 Å². The maximum Gasteiger partial charge on any atom is 0.256 e. The lowest BCUT2D eigenvalue weighted by atomic mass is 9.78. The molecule has 1 saturated heterocycles. The van der Waals surface area contributed by atoms with Crippen LogP contribution >= 0.6 is 34.8 Å². The van der Waals surface area contributed by atoms with Gasteiger partial charge in [0, 0.05) is 22.2 Å². The van der Waals surface area contributed by atoms with Crippen molar-refractivity contribution in [2.24, 2.45) is 0 Å². The average Bonchev–Trinajstić information content (AvgIpc) is 3.29. The van der Waals surface area contributed by atoms with E-state index in [0.29, 0.717) is 37.6 Å². The number of benzene rings is 3. The molecule has 3 aromatic carbocycles. The summed E-state index contributed by atoms with van der Waals surface area (Å²) in [5.74, 6) is -0.609. The van der Waals surface area contributed by atoms with E-state index in [1.165, 1.54) is 0 Å². The zero-order chi connectivity index (χ0) is 24.9. The van der Waals surface area contributed by atoms with Crippen LogP contribution in [0.15, 0.2) is 60.7 Å². The lowest BCUT2D eigenvalue weighted by molar-refractivity contribution is -0.532. The number of ether oxygens (including phenoxy) is 1. The van der Waals surface area contributed by atoms with Crippen molar-refractivity contribution >= 4 is 46.4 Å². The van der Waals surface area contributed by atoms with Crippen molar-refractivity contribution in [3.05, 3.63) is 103 Å². The van der Waals surface area contributed by atoms with Gasteiger partial charge in [0.05, 0.1) is 21.0 Å². The molecule has 2 aliphatic rings. The van der Waals surface area contributed by atoms with Crippen molar-refractivity contribution in [3.8, 4) is 5.75 Å². The van der Waals surface area contributed by atoms with Crippen molar-refractivity contribution in [2.75, 3.05) is 5.32 Å². The van der Waals surface area contributed by atoms with Gasteiger partial charge in [-0.15, -0.1) is 0 Å². The first-order chi connectivity index (χ1) is 16.7. The summed E-state index contributed by atoms with van der Waals surface area (Å²) in [6.07, 6.45) is 0. The third-order valence-corrected chi connectivity index (χ3v) is 7.72. The number of hydrogen-bond acceptors (Lipinski definition) is 5. The molecule has 1 amide bonds. The number of hydrogen-bond donors (Lipinski definition) is 2. The predicted octanol–water partition coefficient (Wildman–Crippen LogP) is 5.79. The number of fused-ring (bicyclic) bond motifs is 2. The summed E-state index contributed by atoms with van der Waals surface area (Å²) in [7, 11) is 0. The van der Waals surface area contributed by atoms with Crippen LogP contribution in [0.3, 0.4) is 0 Å². The largest absolute Gasteiger partial charge is 0.487 e. The molecule has 1 fully saturated rings. The Kier molecular flexibility index (Phi) is 6.13. The van der Waals surface area contributed by atoms with E-state index in [-0.39, 0.29) is 17.6 Å². The first-order valence-corrected chi connectivity index (χ1v) is 12.0. The summed E-state index contributed by atoms with van der Waals surface area (Å²) in [4.78, 5) is 25.2. The Balaban J connectivity index is 1.45. The number of halogens is 3. The SMILES string of the molecule is C[C@@H]1N[C@]2(C(=O)Nc3ccccc32)[C@H]([N+](=O)[O-])[C@H]1c1ccc(OCc2ccc(Cl)c(Cl)c2)c(Cl)c1. The van der Waals surface area contributed by atoms with Crippen molar-refractivity contribution < 1.29 is 14.5 Å². The number of nitrogens with one attached hydrogen (secondary N) is 2. The molecule has 2 aliphatic heterocycles. The molecule has 7 nitrogen and oxygen atoms in total. The van der Waals surface area contributed by atoms with Crippen molar-refractivity contribution in [1.82, 2.24) is 5.32 Å². The van der Waals surface area contributed by atoms with Gasteiger partial charge in [0.25, 0.3) is 11.9 Å². The van der Waals surface area contributed by atoms with Gasteiger partial charge in [-0.05, 0) is 48.4 Å². The molecule has 0 saturated carbocycles. The number of nitrogens with zero attached hydrogens (tertiary/aromatic N) is 1. The summed E-state index contributed by atoms with van der Waals surface area (Å²) in [6, 6.07) is 15.8. The lowest BCUT2D eigenvalue weighted by Gasteiger charge is -2.25. The van der Waals surface area contributed by atoms with E-state index in [2.05, 4.69) is 10.6 Å². The van der Waals surface area contributed by atoms with Crippen LogP contribution in [-0.2, 0) is 16.9 Å². The summed E-state index contributed by atoms with van der Waals surface area (Å²) < 4.78 is 5.85. The topological polar surface area (TPSA) is 93.5 Å². The molecule has 0 radical (unpaired) electrons. The number of carbonyl (C=O) groups is 1. The van der Waals surface area contributed by atoms with Crippen LogP contribution in [0.25, 0.3) is 0 Å². The summed E-state index contributed by atoms with van der Waals surface area (Å²) in [6.45, 7) is 2.06. The molecule has 4 atom stereocenters. The molecule has 1 spiro atoms. The number of anilines is 1. The Morgan fingerprint density at radius 3 is 2.51 bits per heavy atom. The van der Waals surface area contributed by atoms with Crippen molar-refractivity contribution in [3.63, 3.8) is 0 Å². The monoisotopic (exact) mass is 531 g/mol. The third kappa shape index (κ3) is 3.93. The highest BCUT2D eigenvalue weighted by molar-refractivity contribution is 6.42. The van der Waals surface area contributed by atoms with Crippen LogP contribution in [0, 0.1) is 10.1 Å². The van der Waals surface area contributed by atoms with Gasteiger partial charge in [-0.1, -0.05) is 65.1 Å². The predicted molar refractivity (Wildman–Crippen MR) is 135 cm³/mol. The van der Waals surface area contributed by atoms with Crippen LogP contribution < -0.4 is 15.4 Å². The molecule has 3 aromatic rings. The molecule has 0 aromatic heterocycles. The Bertz CT molecular complexity index is 1350. The van der Waals surface area contributed by atoms with Gasteiger partial charge in [0.1, 0.15) is 12.4 Å². The molecule has 0 aliphatic carbocycles.